The average molecular weight is 292 g/mol. The van der Waals surface area contributed by atoms with Gasteiger partial charge in [0.1, 0.15) is 0 Å². The van der Waals surface area contributed by atoms with Gasteiger partial charge in [-0.15, -0.1) is 11.3 Å². The summed E-state index contributed by atoms with van der Waals surface area (Å²) in [5.41, 5.74) is 5.51. The van der Waals surface area contributed by atoms with Gasteiger partial charge in [0.2, 0.25) is 10.0 Å². The highest BCUT2D eigenvalue weighted by Crippen LogP contribution is 2.25. The van der Waals surface area contributed by atoms with Crippen LogP contribution < -0.4 is 10.5 Å². The number of hydrogen-bond donors (Lipinski definition) is 2. The predicted molar refractivity (Wildman–Crippen MR) is 73.2 cm³/mol. The smallest absolute Gasteiger partial charge is 0.241 e. The molecule has 0 amide bonds. The molecule has 1 aromatic heterocycles. The molecule has 0 atom stereocenters. The van der Waals surface area contributed by atoms with Crippen LogP contribution in [0.2, 0.25) is 0 Å². The topological polar surface area (TPSA) is 81.4 Å². The molecule has 3 N–H and O–H groups in total. The molecule has 5 nitrogen and oxygen atoms in total. The minimum absolute atomic E-state index is 0.0984. The van der Waals surface area contributed by atoms with Crippen molar-refractivity contribution in [3.63, 3.8) is 0 Å². The molecule has 0 radical (unpaired) electrons. The summed E-state index contributed by atoms with van der Waals surface area (Å²) in [6, 6.07) is 1.63. The summed E-state index contributed by atoms with van der Waals surface area (Å²) in [5, 5.41) is 0. The highest BCUT2D eigenvalue weighted by atomic mass is 32.2. The van der Waals surface area contributed by atoms with Crippen molar-refractivity contribution >= 4 is 21.4 Å². The SMILES string of the molecule is Cc1sc(CN)cc1S(=O)(=O)NCCOC(C)C. The second kappa shape index (κ2) is 6.63. The Kier molecular flexibility index (Phi) is 5.74. The number of nitrogens with two attached hydrogens (primary N) is 1. The van der Waals surface area contributed by atoms with E-state index in [0.29, 0.717) is 18.0 Å². The lowest BCUT2D eigenvalue weighted by Crippen LogP contribution is -2.28. The summed E-state index contributed by atoms with van der Waals surface area (Å²) in [5.74, 6) is 0. The fourth-order valence-corrected chi connectivity index (χ4v) is 3.97. The number of hydrogen-bond acceptors (Lipinski definition) is 5. The molecule has 1 rings (SSSR count). The Morgan fingerprint density at radius 2 is 2.17 bits per heavy atom. The van der Waals surface area contributed by atoms with Crippen LogP contribution in [0.3, 0.4) is 0 Å². The van der Waals surface area contributed by atoms with Gasteiger partial charge in [0.05, 0.1) is 17.6 Å². The zero-order valence-corrected chi connectivity index (χ0v) is 12.5. The van der Waals surface area contributed by atoms with E-state index >= 15 is 0 Å². The molecule has 1 aromatic rings. The second-order valence-corrected chi connectivity index (χ2v) is 7.23. The molecule has 0 spiro atoms. The van der Waals surface area contributed by atoms with Crippen LogP contribution in [0.1, 0.15) is 23.6 Å². The van der Waals surface area contributed by atoms with Crippen molar-refractivity contribution in [1.29, 1.82) is 0 Å². The Morgan fingerprint density at radius 1 is 1.50 bits per heavy atom. The van der Waals surface area contributed by atoms with Gasteiger partial charge in [-0.2, -0.15) is 0 Å². The number of sulfonamides is 1. The molecule has 0 aliphatic heterocycles. The van der Waals surface area contributed by atoms with Crippen LogP contribution in [-0.2, 0) is 21.3 Å². The van der Waals surface area contributed by atoms with E-state index in [2.05, 4.69) is 4.72 Å². The molecule has 104 valence electrons. The van der Waals surface area contributed by atoms with E-state index < -0.39 is 10.0 Å². The van der Waals surface area contributed by atoms with Gasteiger partial charge in [0.25, 0.3) is 0 Å². The fourth-order valence-electron chi connectivity index (χ4n) is 1.44. The second-order valence-electron chi connectivity index (χ2n) is 4.15. The van der Waals surface area contributed by atoms with Gasteiger partial charge >= 0.3 is 0 Å². The Bertz CT molecular complexity index is 480. The predicted octanol–water partition coefficient (Wildman–Crippen LogP) is 1.22. The molecule has 0 bridgehead atoms. The van der Waals surface area contributed by atoms with E-state index in [9.17, 15) is 8.42 Å². The first-order valence-corrected chi connectivity index (χ1v) is 8.07. The van der Waals surface area contributed by atoms with E-state index in [1.807, 2.05) is 13.8 Å². The molecule has 0 aliphatic rings. The van der Waals surface area contributed by atoms with E-state index in [4.69, 9.17) is 10.5 Å². The highest BCUT2D eigenvalue weighted by molar-refractivity contribution is 7.89. The molecule has 18 heavy (non-hydrogen) atoms. The molecule has 0 saturated heterocycles. The Balaban J connectivity index is 2.65. The maximum atomic E-state index is 12.0. The van der Waals surface area contributed by atoms with Crippen LogP contribution >= 0.6 is 11.3 Å². The number of ether oxygens (including phenoxy) is 1. The molecule has 0 saturated carbocycles. The summed E-state index contributed by atoms with van der Waals surface area (Å²) in [7, 11) is -3.45. The largest absolute Gasteiger partial charge is 0.377 e. The van der Waals surface area contributed by atoms with Crippen molar-refractivity contribution in [3.05, 3.63) is 15.8 Å². The summed E-state index contributed by atoms with van der Waals surface area (Å²) in [6.07, 6.45) is 0.0984. The zero-order chi connectivity index (χ0) is 13.8. The first-order valence-electron chi connectivity index (χ1n) is 5.77. The maximum absolute atomic E-state index is 12.0. The van der Waals surface area contributed by atoms with E-state index in [1.165, 1.54) is 11.3 Å². The summed E-state index contributed by atoms with van der Waals surface area (Å²) < 4.78 is 31.9. The van der Waals surface area contributed by atoms with Gasteiger partial charge in [0, 0.05) is 22.8 Å². The molecule has 0 fully saturated rings. The molecular weight excluding hydrogens is 272 g/mol. The molecular formula is C11H20N2O3S2. The van der Waals surface area contributed by atoms with Crippen molar-refractivity contribution in [3.8, 4) is 0 Å². The lowest BCUT2D eigenvalue weighted by Gasteiger charge is -2.09. The standard InChI is InChI=1S/C11H20N2O3S2/c1-8(2)16-5-4-13-18(14,15)11-6-10(7-12)17-9(11)3/h6,8,13H,4-5,7,12H2,1-3H3. The first kappa shape index (κ1) is 15.6. The number of aryl methyl sites for hydroxylation is 1. The van der Waals surface area contributed by atoms with Gasteiger partial charge in [-0.3, -0.25) is 0 Å². The third kappa shape index (κ3) is 4.33. The Morgan fingerprint density at radius 3 is 2.67 bits per heavy atom. The van der Waals surface area contributed by atoms with Crippen LogP contribution in [-0.4, -0.2) is 27.7 Å². The Labute approximate surface area is 112 Å². The summed E-state index contributed by atoms with van der Waals surface area (Å²) >= 11 is 1.41. The third-order valence-electron chi connectivity index (χ3n) is 2.26. The molecule has 0 aromatic carbocycles. The minimum Gasteiger partial charge on any atom is -0.377 e. The van der Waals surface area contributed by atoms with E-state index in [1.54, 1.807) is 13.0 Å². The van der Waals surface area contributed by atoms with Crippen molar-refractivity contribution in [2.75, 3.05) is 13.2 Å². The zero-order valence-electron chi connectivity index (χ0n) is 10.9. The first-order chi connectivity index (χ1) is 8.36. The van der Waals surface area contributed by atoms with Gasteiger partial charge in [-0.25, -0.2) is 13.1 Å². The van der Waals surface area contributed by atoms with E-state index in [0.717, 1.165) is 9.75 Å². The van der Waals surface area contributed by atoms with Crippen LogP contribution in [0.5, 0.6) is 0 Å². The Hall–Kier alpha value is -0.470. The lowest BCUT2D eigenvalue weighted by molar-refractivity contribution is 0.0834. The molecule has 1 heterocycles. The molecule has 0 aliphatic carbocycles. The van der Waals surface area contributed by atoms with Crippen LogP contribution in [0.15, 0.2) is 11.0 Å². The van der Waals surface area contributed by atoms with Gasteiger partial charge in [-0.1, -0.05) is 0 Å². The summed E-state index contributed by atoms with van der Waals surface area (Å²) in [6.45, 7) is 6.59. The van der Waals surface area contributed by atoms with Gasteiger partial charge < -0.3 is 10.5 Å². The third-order valence-corrected chi connectivity index (χ3v) is 5.05. The average Bonchev–Trinajstić information content (AvgIpc) is 2.66. The van der Waals surface area contributed by atoms with Gasteiger partial charge in [0.15, 0.2) is 0 Å². The summed E-state index contributed by atoms with van der Waals surface area (Å²) in [4.78, 5) is 1.94. The maximum Gasteiger partial charge on any atom is 0.241 e. The number of nitrogens with one attached hydrogen (secondary N) is 1. The monoisotopic (exact) mass is 292 g/mol. The normalized spacial score (nSPS) is 12.3. The number of rotatable bonds is 7. The van der Waals surface area contributed by atoms with Crippen LogP contribution in [0.4, 0.5) is 0 Å². The van der Waals surface area contributed by atoms with Crippen LogP contribution in [0, 0.1) is 6.92 Å². The van der Waals surface area contributed by atoms with Crippen LogP contribution in [0.25, 0.3) is 0 Å². The fraction of sp³-hybridized carbons (Fsp3) is 0.636. The quantitative estimate of drug-likeness (QED) is 0.740. The highest BCUT2D eigenvalue weighted by Gasteiger charge is 2.19. The lowest BCUT2D eigenvalue weighted by atomic mass is 10.4. The van der Waals surface area contributed by atoms with Crippen molar-refractivity contribution in [1.82, 2.24) is 4.72 Å². The molecule has 7 heteroatoms. The minimum atomic E-state index is -3.45. The van der Waals surface area contributed by atoms with E-state index in [-0.39, 0.29) is 12.6 Å². The van der Waals surface area contributed by atoms with Crippen molar-refractivity contribution in [2.45, 2.75) is 38.3 Å². The number of thiophene rings is 1. The molecule has 0 unspecified atom stereocenters. The van der Waals surface area contributed by atoms with Crippen molar-refractivity contribution in [2.24, 2.45) is 5.73 Å². The van der Waals surface area contributed by atoms with Crippen molar-refractivity contribution < 1.29 is 13.2 Å². The van der Waals surface area contributed by atoms with Gasteiger partial charge in [-0.05, 0) is 26.8 Å².